The van der Waals surface area contributed by atoms with E-state index < -0.39 is 22.0 Å². The standard InChI is InChI=1S/C19H21NO6S/c1-4-13(2)20-27(23,24)17-11-7-15(8-12-17)19(22)26-16-9-5-14(6-10-16)18(21)25-3/h5-13,20H,4H2,1-3H3. The first kappa shape index (κ1) is 20.6. The van der Waals surface area contributed by atoms with E-state index in [0.717, 1.165) is 0 Å². The topological polar surface area (TPSA) is 98.8 Å². The molecule has 0 saturated heterocycles. The molecule has 0 radical (unpaired) electrons. The highest BCUT2D eigenvalue weighted by Crippen LogP contribution is 2.16. The van der Waals surface area contributed by atoms with E-state index in [1.807, 2.05) is 6.92 Å². The summed E-state index contributed by atoms with van der Waals surface area (Å²) in [5.41, 5.74) is 0.537. The number of carbonyl (C=O) groups is 2. The molecule has 0 saturated carbocycles. The third-order valence-electron chi connectivity index (χ3n) is 3.85. The van der Waals surface area contributed by atoms with Gasteiger partial charge in [0.05, 0.1) is 23.1 Å². The molecule has 0 aliphatic heterocycles. The van der Waals surface area contributed by atoms with Crippen LogP contribution in [0.5, 0.6) is 5.75 Å². The number of ether oxygens (including phenoxy) is 2. The lowest BCUT2D eigenvalue weighted by Gasteiger charge is -2.12. The second-order valence-corrected chi connectivity index (χ2v) is 7.57. The van der Waals surface area contributed by atoms with Gasteiger partial charge in [0.2, 0.25) is 10.0 Å². The van der Waals surface area contributed by atoms with Crippen LogP contribution >= 0.6 is 0 Å². The molecule has 2 aromatic carbocycles. The number of methoxy groups -OCH3 is 1. The maximum absolute atomic E-state index is 12.2. The van der Waals surface area contributed by atoms with E-state index in [9.17, 15) is 18.0 Å². The molecule has 8 heteroatoms. The molecular formula is C19H21NO6S. The average molecular weight is 391 g/mol. The molecule has 0 fully saturated rings. The van der Waals surface area contributed by atoms with E-state index in [4.69, 9.17) is 4.74 Å². The smallest absolute Gasteiger partial charge is 0.343 e. The van der Waals surface area contributed by atoms with Gasteiger partial charge in [-0.3, -0.25) is 0 Å². The van der Waals surface area contributed by atoms with Gasteiger partial charge in [-0.15, -0.1) is 0 Å². The van der Waals surface area contributed by atoms with E-state index in [2.05, 4.69) is 9.46 Å². The van der Waals surface area contributed by atoms with Crippen LogP contribution in [0.1, 0.15) is 41.0 Å². The van der Waals surface area contributed by atoms with Gasteiger partial charge < -0.3 is 9.47 Å². The Hall–Kier alpha value is -2.71. The van der Waals surface area contributed by atoms with Gasteiger partial charge in [-0.2, -0.15) is 0 Å². The number of nitrogens with one attached hydrogen (secondary N) is 1. The van der Waals surface area contributed by atoms with Crippen molar-refractivity contribution >= 4 is 22.0 Å². The Kier molecular flexibility index (Phi) is 6.70. The van der Waals surface area contributed by atoms with Gasteiger partial charge in [0.15, 0.2) is 0 Å². The summed E-state index contributed by atoms with van der Waals surface area (Å²) in [5, 5.41) is 0. The predicted molar refractivity (Wildman–Crippen MR) is 99.3 cm³/mol. The summed E-state index contributed by atoms with van der Waals surface area (Å²) >= 11 is 0. The highest BCUT2D eigenvalue weighted by atomic mass is 32.2. The third-order valence-corrected chi connectivity index (χ3v) is 5.46. The zero-order valence-electron chi connectivity index (χ0n) is 15.3. The van der Waals surface area contributed by atoms with Crippen LogP contribution in [0.2, 0.25) is 0 Å². The number of rotatable bonds is 7. The van der Waals surface area contributed by atoms with Crippen molar-refractivity contribution in [2.75, 3.05) is 7.11 Å². The van der Waals surface area contributed by atoms with Gasteiger partial charge in [0, 0.05) is 6.04 Å². The number of esters is 2. The molecule has 27 heavy (non-hydrogen) atoms. The van der Waals surface area contributed by atoms with Gasteiger partial charge in [-0.1, -0.05) is 6.92 Å². The zero-order chi connectivity index (χ0) is 20.0. The Morgan fingerprint density at radius 3 is 2.00 bits per heavy atom. The molecule has 1 N–H and O–H groups in total. The van der Waals surface area contributed by atoms with Crippen LogP contribution in [0.4, 0.5) is 0 Å². The Balaban J connectivity index is 2.08. The van der Waals surface area contributed by atoms with Crippen LogP contribution in [0, 0.1) is 0 Å². The molecule has 2 rings (SSSR count). The van der Waals surface area contributed by atoms with Crippen LogP contribution in [-0.4, -0.2) is 33.5 Å². The average Bonchev–Trinajstić information content (AvgIpc) is 2.67. The van der Waals surface area contributed by atoms with E-state index in [1.54, 1.807) is 6.92 Å². The van der Waals surface area contributed by atoms with Crippen LogP contribution in [-0.2, 0) is 14.8 Å². The quantitative estimate of drug-likeness (QED) is 0.576. The molecule has 1 unspecified atom stereocenters. The van der Waals surface area contributed by atoms with E-state index in [-0.39, 0.29) is 22.3 Å². The fourth-order valence-corrected chi connectivity index (χ4v) is 3.46. The highest BCUT2D eigenvalue weighted by molar-refractivity contribution is 7.89. The lowest BCUT2D eigenvalue weighted by atomic mass is 10.2. The van der Waals surface area contributed by atoms with Gasteiger partial charge in [-0.05, 0) is 61.9 Å². The number of benzene rings is 2. The first-order valence-electron chi connectivity index (χ1n) is 8.29. The van der Waals surface area contributed by atoms with Crippen LogP contribution in [0.3, 0.4) is 0 Å². The summed E-state index contributed by atoms with van der Waals surface area (Å²) in [6.45, 7) is 3.65. The Bertz CT molecular complexity index is 904. The molecule has 7 nitrogen and oxygen atoms in total. The molecule has 0 amide bonds. The lowest BCUT2D eigenvalue weighted by molar-refractivity contribution is 0.0600. The largest absolute Gasteiger partial charge is 0.465 e. The summed E-state index contributed by atoms with van der Waals surface area (Å²) in [4.78, 5) is 23.6. The summed E-state index contributed by atoms with van der Waals surface area (Å²) in [7, 11) is -2.36. The summed E-state index contributed by atoms with van der Waals surface area (Å²) in [6, 6.07) is 11.2. The molecule has 0 aromatic heterocycles. The molecule has 0 aliphatic rings. The minimum atomic E-state index is -3.63. The normalized spacial score (nSPS) is 12.3. The van der Waals surface area contributed by atoms with Crippen LogP contribution in [0.25, 0.3) is 0 Å². The molecule has 2 aromatic rings. The minimum absolute atomic E-state index is 0.0711. The van der Waals surface area contributed by atoms with Crippen molar-refractivity contribution in [3.05, 3.63) is 59.7 Å². The van der Waals surface area contributed by atoms with Crippen molar-refractivity contribution in [1.82, 2.24) is 4.72 Å². The summed E-state index contributed by atoms with van der Waals surface area (Å²) in [6.07, 6.45) is 0.665. The first-order chi connectivity index (χ1) is 12.8. The molecule has 0 spiro atoms. The van der Waals surface area contributed by atoms with Gasteiger partial charge in [-0.25, -0.2) is 22.7 Å². The predicted octanol–water partition coefficient (Wildman–Crippen LogP) is 2.77. The van der Waals surface area contributed by atoms with E-state index in [0.29, 0.717) is 12.0 Å². The molecular weight excluding hydrogens is 370 g/mol. The maximum atomic E-state index is 12.2. The van der Waals surface area contributed by atoms with Crippen molar-refractivity contribution < 1.29 is 27.5 Å². The number of sulfonamides is 1. The fraction of sp³-hybridized carbons (Fsp3) is 0.263. The van der Waals surface area contributed by atoms with Crippen molar-refractivity contribution in [2.45, 2.75) is 31.2 Å². The van der Waals surface area contributed by atoms with Gasteiger partial charge >= 0.3 is 11.9 Å². The van der Waals surface area contributed by atoms with Gasteiger partial charge in [0.1, 0.15) is 5.75 Å². The first-order valence-corrected chi connectivity index (χ1v) is 9.78. The van der Waals surface area contributed by atoms with Crippen molar-refractivity contribution in [2.24, 2.45) is 0 Å². The SMILES string of the molecule is CCC(C)NS(=O)(=O)c1ccc(C(=O)Oc2ccc(C(=O)OC)cc2)cc1. The third kappa shape index (κ3) is 5.38. The van der Waals surface area contributed by atoms with Crippen molar-refractivity contribution in [3.63, 3.8) is 0 Å². The van der Waals surface area contributed by atoms with E-state index >= 15 is 0 Å². The van der Waals surface area contributed by atoms with Crippen LogP contribution in [0.15, 0.2) is 53.4 Å². The number of hydrogen-bond acceptors (Lipinski definition) is 6. The van der Waals surface area contributed by atoms with E-state index in [1.165, 1.54) is 55.6 Å². The number of hydrogen-bond donors (Lipinski definition) is 1. The zero-order valence-corrected chi connectivity index (χ0v) is 16.1. The molecule has 144 valence electrons. The van der Waals surface area contributed by atoms with Crippen molar-refractivity contribution in [1.29, 1.82) is 0 Å². The minimum Gasteiger partial charge on any atom is -0.465 e. The molecule has 1 atom stereocenters. The van der Waals surface area contributed by atoms with Crippen molar-refractivity contribution in [3.8, 4) is 5.75 Å². The second kappa shape index (κ2) is 8.79. The van der Waals surface area contributed by atoms with Gasteiger partial charge in [0.25, 0.3) is 0 Å². The highest BCUT2D eigenvalue weighted by Gasteiger charge is 2.17. The number of carbonyl (C=O) groups excluding carboxylic acids is 2. The fourth-order valence-electron chi connectivity index (χ4n) is 2.13. The maximum Gasteiger partial charge on any atom is 0.343 e. The van der Waals surface area contributed by atoms with Crippen LogP contribution < -0.4 is 9.46 Å². The summed E-state index contributed by atoms with van der Waals surface area (Å²) < 4.78 is 36.8. The molecule has 0 heterocycles. The Morgan fingerprint density at radius 1 is 0.963 bits per heavy atom. The Morgan fingerprint density at radius 2 is 1.48 bits per heavy atom. The molecule has 0 bridgehead atoms. The Labute approximate surface area is 158 Å². The summed E-state index contributed by atoms with van der Waals surface area (Å²) in [5.74, 6) is -0.877. The monoisotopic (exact) mass is 391 g/mol. The lowest BCUT2D eigenvalue weighted by Crippen LogP contribution is -2.32. The second-order valence-electron chi connectivity index (χ2n) is 5.86. The molecule has 0 aliphatic carbocycles.